The van der Waals surface area contributed by atoms with Crippen LogP contribution in [0.15, 0.2) is 53.9 Å². The molecule has 4 aromatic rings. The third kappa shape index (κ3) is 2.33. The summed E-state index contributed by atoms with van der Waals surface area (Å²) >= 11 is -2.28. The highest BCUT2D eigenvalue weighted by Crippen LogP contribution is 2.32. The maximum Gasteiger partial charge on any atom is 0.141 e. The number of nitrogens with one attached hydrogen (secondary N) is 2. The first-order valence-electron chi connectivity index (χ1n) is 6.75. The molecule has 0 aliphatic carbocycles. The molecule has 0 spiro atoms. The second-order valence-electron chi connectivity index (χ2n) is 4.88. The highest BCUT2D eigenvalue weighted by Gasteiger charge is 2.15. The number of fused-ring (bicyclic) bond motifs is 1. The number of hydrogen-bond donors (Lipinski definition) is 2. The zero-order valence-electron chi connectivity index (χ0n) is 11.7. The molecular formula is C15H10N5O2S-. The van der Waals surface area contributed by atoms with Crippen LogP contribution in [0.3, 0.4) is 0 Å². The van der Waals surface area contributed by atoms with Crippen molar-refractivity contribution in [2.24, 2.45) is 0 Å². The Morgan fingerprint density at radius 1 is 1.17 bits per heavy atom. The van der Waals surface area contributed by atoms with E-state index < -0.39 is 11.1 Å². The fourth-order valence-corrected chi connectivity index (χ4v) is 2.94. The van der Waals surface area contributed by atoms with Gasteiger partial charge in [0.05, 0.1) is 17.6 Å². The van der Waals surface area contributed by atoms with Crippen molar-refractivity contribution < 1.29 is 8.76 Å². The van der Waals surface area contributed by atoms with Gasteiger partial charge in [-0.25, -0.2) is 9.97 Å². The number of nitrogens with zero attached hydrogens (tertiary/aromatic N) is 3. The molecule has 1 aromatic carbocycles. The number of benzene rings is 1. The SMILES string of the molecule is O=S([O-])c1cccc(-c2[nH]ncc2-c2ncnc3[nH]ccc23)c1. The molecule has 3 aromatic heterocycles. The van der Waals surface area contributed by atoms with E-state index in [0.717, 1.165) is 27.9 Å². The second kappa shape index (κ2) is 5.41. The number of aromatic amines is 2. The topological polar surface area (TPSA) is 110 Å². The minimum absolute atomic E-state index is 0.220. The van der Waals surface area contributed by atoms with Gasteiger partial charge in [-0.05, 0) is 29.3 Å². The summed E-state index contributed by atoms with van der Waals surface area (Å²) in [4.78, 5) is 11.8. The Kier molecular flexibility index (Phi) is 3.25. The molecule has 0 bridgehead atoms. The van der Waals surface area contributed by atoms with Crippen LogP contribution in [0.1, 0.15) is 0 Å². The lowest BCUT2D eigenvalue weighted by Crippen LogP contribution is -1.91. The minimum Gasteiger partial charge on any atom is -0.768 e. The van der Waals surface area contributed by atoms with Gasteiger partial charge >= 0.3 is 0 Å². The summed E-state index contributed by atoms with van der Waals surface area (Å²) in [6, 6.07) is 8.54. The maximum absolute atomic E-state index is 11.2. The summed E-state index contributed by atoms with van der Waals surface area (Å²) in [5, 5.41) is 7.89. The van der Waals surface area contributed by atoms with E-state index >= 15 is 0 Å². The van der Waals surface area contributed by atoms with Crippen molar-refractivity contribution in [3.8, 4) is 22.5 Å². The van der Waals surface area contributed by atoms with Crippen molar-refractivity contribution in [1.29, 1.82) is 0 Å². The van der Waals surface area contributed by atoms with Gasteiger partial charge in [-0.15, -0.1) is 0 Å². The largest absolute Gasteiger partial charge is 0.768 e. The molecule has 0 aliphatic heterocycles. The summed E-state index contributed by atoms with van der Waals surface area (Å²) in [5.41, 5.74) is 3.68. The highest BCUT2D eigenvalue weighted by atomic mass is 32.2. The molecule has 0 saturated heterocycles. The van der Waals surface area contributed by atoms with Crippen LogP contribution in [-0.4, -0.2) is 33.9 Å². The number of hydrogen-bond acceptors (Lipinski definition) is 5. The Labute approximate surface area is 133 Å². The van der Waals surface area contributed by atoms with Gasteiger partial charge < -0.3 is 9.54 Å². The Morgan fingerprint density at radius 3 is 2.96 bits per heavy atom. The van der Waals surface area contributed by atoms with Crippen molar-refractivity contribution in [1.82, 2.24) is 25.1 Å². The fourth-order valence-electron chi connectivity index (χ4n) is 2.53. The molecule has 7 nitrogen and oxygen atoms in total. The summed E-state index contributed by atoms with van der Waals surface area (Å²) in [6.45, 7) is 0. The van der Waals surface area contributed by atoms with Crippen LogP contribution in [0.25, 0.3) is 33.5 Å². The molecule has 3 heterocycles. The van der Waals surface area contributed by atoms with Gasteiger partial charge in [0.25, 0.3) is 0 Å². The number of aromatic nitrogens is 5. The van der Waals surface area contributed by atoms with Crippen LogP contribution in [0, 0.1) is 0 Å². The first-order valence-corrected chi connectivity index (χ1v) is 7.83. The second-order valence-corrected chi connectivity index (χ2v) is 5.82. The fraction of sp³-hybridized carbons (Fsp3) is 0. The highest BCUT2D eigenvalue weighted by molar-refractivity contribution is 7.79. The van der Waals surface area contributed by atoms with Crippen molar-refractivity contribution in [2.45, 2.75) is 4.90 Å². The Balaban J connectivity index is 1.91. The van der Waals surface area contributed by atoms with Crippen LogP contribution < -0.4 is 0 Å². The Hall–Kier alpha value is -2.84. The van der Waals surface area contributed by atoms with Crippen molar-refractivity contribution in [3.05, 3.63) is 49.1 Å². The maximum atomic E-state index is 11.2. The molecule has 23 heavy (non-hydrogen) atoms. The van der Waals surface area contributed by atoms with E-state index in [-0.39, 0.29) is 4.90 Å². The predicted molar refractivity (Wildman–Crippen MR) is 84.1 cm³/mol. The van der Waals surface area contributed by atoms with Gasteiger partial charge in [-0.2, -0.15) is 5.10 Å². The lowest BCUT2D eigenvalue weighted by molar-refractivity contribution is 0.537. The smallest absolute Gasteiger partial charge is 0.141 e. The van der Waals surface area contributed by atoms with Crippen molar-refractivity contribution >= 4 is 22.1 Å². The molecule has 0 saturated carbocycles. The zero-order chi connectivity index (χ0) is 15.8. The van der Waals surface area contributed by atoms with E-state index in [9.17, 15) is 8.76 Å². The Bertz CT molecular complexity index is 1020. The molecule has 2 N–H and O–H groups in total. The number of H-pyrrole nitrogens is 2. The van der Waals surface area contributed by atoms with Crippen LogP contribution in [0.5, 0.6) is 0 Å². The lowest BCUT2D eigenvalue weighted by atomic mass is 10.0. The number of rotatable bonds is 3. The zero-order valence-corrected chi connectivity index (χ0v) is 12.5. The standard InChI is InChI=1S/C15H11N5O2S/c21-23(22)10-3-1-2-9(6-10)13-12(7-19-20-13)14-11-4-5-16-15(11)18-8-17-14/h1-8H,(H,19,20)(H,21,22)(H,16,17,18)/p-1. The van der Waals surface area contributed by atoms with E-state index in [1.54, 1.807) is 24.5 Å². The first kappa shape index (κ1) is 13.8. The summed E-state index contributed by atoms with van der Waals surface area (Å²) < 4.78 is 22.3. The molecule has 0 fully saturated rings. The van der Waals surface area contributed by atoms with E-state index in [0.29, 0.717) is 5.69 Å². The van der Waals surface area contributed by atoms with Crippen molar-refractivity contribution in [2.75, 3.05) is 0 Å². The van der Waals surface area contributed by atoms with E-state index in [2.05, 4.69) is 25.1 Å². The van der Waals surface area contributed by atoms with Crippen LogP contribution >= 0.6 is 0 Å². The van der Waals surface area contributed by atoms with Gasteiger partial charge in [-0.3, -0.25) is 9.31 Å². The normalized spacial score (nSPS) is 12.6. The average molecular weight is 324 g/mol. The molecular weight excluding hydrogens is 314 g/mol. The van der Waals surface area contributed by atoms with Crippen molar-refractivity contribution in [3.63, 3.8) is 0 Å². The molecule has 114 valence electrons. The average Bonchev–Trinajstić information content (AvgIpc) is 3.23. The monoisotopic (exact) mass is 324 g/mol. The molecule has 1 atom stereocenters. The third-order valence-electron chi connectivity index (χ3n) is 3.56. The lowest BCUT2D eigenvalue weighted by Gasteiger charge is -2.08. The first-order chi connectivity index (χ1) is 11.2. The molecule has 1 unspecified atom stereocenters. The van der Waals surface area contributed by atoms with E-state index in [1.807, 2.05) is 12.1 Å². The van der Waals surface area contributed by atoms with Crippen LogP contribution in [0.2, 0.25) is 0 Å². The van der Waals surface area contributed by atoms with E-state index in [1.165, 1.54) is 12.4 Å². The quantitative estimate of drug-likeness (QED) is 0.562. The van der Waals surface area contributed by atoms with Crippen LogP contribution in [0.4, 0.5) is 0 Å². The van der Waals surface area contributed by atoms with Gasteiger partial charge in [0.15, 0.2) is 0 Å². The van der Waals surface area contributed by atoms with E-state index in [4.69, 9.17) is 0 Å². The molecule has 0 amide bonds. The van der Waals surface area contributed by atoms with Gasteiger partial charge in [-0.1, -0.05) is 12.1 Å². The minimum atomic E-state index is -2.28. The summed E-state index contributed by atoms with van der Waals surface area (Å²) in [5.74, 6) is 0. The molecule has 0 aliphatic rings. The molecule has 4 rings (SSSR count). The van der Waals surface area contributed by atoms with Gasteiger partial charge in [0.1, 0.15) is 12.0 Å². The summed E-state index contributed by atoms with van der Waals surface area (Å²) in [7, 11) is 0. The van der Waals surface area contributed by atoms with Gasteiger partial charge in [0.2, 0.25) is 0 Å². The Morgan fingerprint density at radius 2 is 2.09 bits per heavy atom. The van der Waals surface area contributed by atoms with Gasteiger partial charge in [0, 0.05) is 27.6 Å². The third-order valence-corrected chi connectivity index (χ3v) is 4.20. The molecule has 8 heteroatoms. The predicted octanol–water partition coefficient (Wildman–Crippen LogP) is 2.25. The molecule has 0 radical (unpaired) electrons. The summed E-state index contributed by atoms with van der Waals surface area (Å²) in [6.07, 6.45) is 4.95. The van der Waals surface area contributed by atoms with Crippen LogP contribution in [-0.2, 0) is 11.1 Å².